The number of nitrogens with zero attached hydrogens (tertiary/aromatic N) is 4. The van der Waals surface area contributed by atoms with Crippen LogP contribution in [0.5, 0.6) is 0 Å². The summed E-state index contributed by atoms with van der Waals surface area (Å²) in [7, 11) is 1.54. The van der Waals surface area contributed by atoms with Crippen molar-refractivity contribution in [3.05, 3.63) is 47.5 Å². The Balaban J connectivity index is 1.32. The zero-order chi connectivity index (χ0) is 22.2. The second-order valence-corrected chi connectivity index (χ2v) is 9.36. The molecule has 4 N–H and O–H groups in total. The minimum Gasteiger partial charge on any atom is -0.389 e. The van der Waals surface area contributed by atoms with Gasteiger partial charge < -0.3 is 25.4 Å². The summed E-state index contributed by atoms with van der Waals surface area (Å²) in [5, 5.41) is 27.6. The summed E-state index contributed by atoms with van der Waals surface area (Å²) < 4.78 is 1.73. The minimum atomic E-state index is -1.15. The van der Waals surface area contributed by atoms with Crippen LogP contribution in [0.4, 0.5) is 5.82 Å². The summed E-state index contributed by atoms with van der Waals surface area (Å²) in [4.78, 5) is 25.7. The maximum absolute atomic E-state index is 12.4. The van der Waals surface area contributed by atoms with Crippen LogP contribution in [0, 0.1) is 11.3 Å². The Labute approximate surface area is 188 Å². The Bertz CT molecular complexity index is 1220. The van der Waals surface area contributed by atoms with Gasteiger partial charge in [-0.2, -0.15) is 9.97 Å². The maximum atomic E-state index is 12.4. The first-order chi connectivity index (χ1) is 15.5. The largest absolute Gasteiger partial charge is 0.389 e. The Kier molecular flexibility index (Phi) is 4.27. The van der Waals surface area contributed by atoms with E-state index in [1.165, 1.54) is 12.6 Å². The fourth-order valence-electron chi connectivity index (χ4n) is 5.59. The highest BCUT2D eigenvalue weighted by molar-refractivity contribution is 6.28. The van der Waals surface area contributed by atoms with Gasteiger partial charge in [0.25, 0.3) is 0 Å². The number of carbonyl (C=O) groups is 1. The van der Waals surface area contributed by atoms with Crippen molar-refractivity contribution in [1.82, 2.24) is 24.8 Å². The molecule has 2 aromatic heterocycles. The highest BCUT2D eigenvalue weighted by Crippen LogP contribution is 2.67. The van der Waals surface area contributed by atoms with E-state index in [4.69, 9.17) is 11.6 Å². The highest BCUT2D eigenvalue weighted by atomic mass is 35.5. The van der Waals surface area contributed by atoms with E-state index in [0.29, 0.717) is 29.3 Å². The Hall–Kier alpha value is -2.75. The molecule has 0 bridgehead atoms. The maximum Gasteiger partial charge on any atom is 0.229 e. The van der Waals surface area contributed by atoms with Crippen LogP contribution >= 0.6 is 11.6 Å². The number of fused-ring (bicyclic) bond motifs is 2. The summed E-state index contributed by atoms with van der Waals surface area (Å²) in [5.41, 5.74) is 1.33. The average Bonchev–Trinajstić information content (AvgIpc) is 3.67. The SMILES string of the molecule is CNC(=O)[C@@]12C[C@@H]1[C@@H](n1cnc3c(N[C@@H]4C[C@H]4c4ccccc4)nc(Cl)nc31)[C@H](O)[C@@H]2O. The van der Waals surface area contributed by atoms with Gasteiger partial charge in [-0.05, 0) is 30.0 Å². The lowest BCUT2D eigenvalue weighted by atomic mass is 9.98. The fraction of sp³-hybridized carbons (Fsp3) is 0.455. The number of halogens is 1. The van der Waals surface area contributed by atoms with Crippen molar-refractivity contribution in [2.45, 2.75) is 43.1 Å². The average molecular weight is 455 g/mol. The van der Waals surface area contributed by atoms with Crippen LogP contribution in [0.1, 0.15) is 30.4 Å². The Morgan fingerprint density at radius 1 is 1.25 bits per heavy atom. The zero-order valence-electron chi connectivity index (χ0n) is 17.3. The number of nitrogens with one attached hydrogen (secondary N) is 2. The van der Waals surface area contributed by atoms with E-state index in [1.54, 1.807) is 10.9 Å². The van der Waals surface area contributed by atoms with Gasteiger partial charge in [0.2, 0.25) is 11.2 Å². The van der Waals surface area contributed by atoms with Crippen molar-refractivity contribution in [2.75, 3.05) is 12.4 Å². The van der Waals surface area contributed by atoms with Crippen LogP contribution in [0.15, 0.2) is 36.7 Å². The number of anilines is 1. The summed E-state index contributed by atoms with van der Waals surface area (Å²) >= 11 is 6.25. The standard InChI is InChI=1S/C22H23ClN6O3/c1-24-20(32)22-8-12(22)15(16(30)17(22)31)29-9-25-14-18(27-21(23)28-19(14)29)26-13-7-11(13)10-5-3-2-4-6-10/h2-6,9,11-13,15-17,30-31H,7-8H2,1H3,(H,24,32)(H,26,27,28)/t11-,12+,13+,15+,16-,17-,22-/m0/s1. The van der Waals surface area contributed by atoms with Crippen molar-refractivity contribution < 1.29 is 15.0 Å². The van der Waals surface area contributed by atoms with Crippen LogP contribution in [-0.4, -0.2) is 60.9 Å². The van der Waals surface area contributed by atoms with Crippen molar-refractivity contribution >= 4 is 34.5 Å². The van der Waals surface area contributed by atoms with E-state index in [-0.39, 0.29) is 23.2 Å². The molecule has 3 aliphatic rings. The lowest BCUT2D eigenvalue weighted by Gasteiger charge is -2.23. The summed E-state index contributed by atoms with van der Waals surface area (Å²) in [6.07, 6.45) is 0.807. The van der Waals surface area contributed by atoms with Gasteiger partial charge in [-0.15, -0.1) is 0 Å². The molecule has 1 amide bonds. The summed E-state index contributed by atoms with van der Waals surface area (Å²) in [6.45, 7) is 0. The number of aromatic nitrogens is 4. The van der Waals surface area contributed by atoms with Crippen molar-refractivity contribution in [3.8, 4) is 0 Å². The predicted molar refractivity (Wildman–Crippen MR) is 117 cm³/mol. The van der Waals surface area contributed by atoms with Crippen molar-refractivity contribution in [1.29, 1.82) is 0 Å². The molecule has 0 unspecified atom stereocenters. The van der Waals surface area contributed by atoms with Crippen LogP contribution in [0.2, 0.25) is 5.28 Å². The molecule has 10 heteroatoms. The lowest BCUT2D eigenvalue weighted by Crippen LogP contribution is -2.41. The zero-order valence-corrected chi connectivity index (χ0v) is 18.1. The molecule has 0 radical (unpaired) electrons. The van der Waals surface area contributed by atoms with Crippen LogP contribution in [0.25, 0.3) is 11.2 Å². The molecule has 7 atom stereocenters. The molecule has 2 heterocycles. The number of carbonyl (C=O) groups excluding carboxylic acids is 1. The molecular formula is C22H23ClN6O3. The molecule has 3 saturated carbocycles. The molecule has 6 rings (SSSR count). The summed E-state index contributed by atoms with van der Waals surface area (Å²) in [6, 6.07) is 10.00. The third-order valence-electron chi connectivity index (χ3n) is 7.38. The van der Waals surface area contributed by atoms with Gasteiger partial charge >= 0.3 is 0 Å². The van der Waals surface area contributed by atoms with E-state index in [0.717, 1.165) is 6.42 Å². The van der Waals surface area contributed by atoms with Crippen LogP contribution in [0.3, 0.4) is 0 Å². The Morgan fingerprint density at radius 2 is 2.03 bits per heavy atom. The van der Waals surface area contributed by atoms with Crippen LogP contribution < -0.4 is 10.6 Å². The van der Waals surface area contributed by atoms with Crippen LogP contribution in [-0.2, 0) is 4.79 Å². The first kappa shape index (κ1) is 19.9. The number of benzene rings is 1. The third kappa shape index (κ3) is 2.71. The van der Waals surface area contributed by atoms with Gasteiger partial charge in [-0.1, -0.05) is 30.3 Å². The number of hydrogen-bond acceptors (Lipinski definition) is 7. The van der Waals surface area contributed by atoms with Gasteiger partial charge in [0, 0.05) is 24.9 Å². The first-order valence-electron chi connectivity index (χ1n) is 10.8. The molecule has 1 aromatic carbocycles. The van der Waals surface area contributed by atoms with E-state index in [9.17, 15) is 15.0 Å². The molecule has 0 saturated heterocycles. The molecule has 166 valence electrons. The smallest absolute Gasteiger partial charge is 0.229 e. The number of imidazole rings is 1. The predicted octanol–water partition coefficient (Wildman–Crippen LogP) is 1.48. The molecule has 3 fully saturated rings. The molecule has 0 spiro atoms. The number of rotatable bonds is 5. The van der Waals surface area contributed by atoms with Gasteiger partial charge in [0.15, 0.2) is 17.0 Å². The van der Waals surface area contributed by atoms with Gasteiger partial charge in [0.05, 0.1) is 23.9 Å². The van der Waals surface area contributed by atoms with E-state index in [1.807, 2.05) is 18.2 Å². The second-order valence-electron chi connectivity index (χ2n) is 9.03. The van der Waals surface area contributed by atoms with E-state index in [2.05, 4.69) is 37.7 Å². The first-order valence-corrected chi connectivity index (χ1v) is 11.1. The minimum absolute atomic E-state index is 0.0695. The quantitative estimate of drug-likeness (QED) is 0.430. The lowest BCUT2D eigenvalue weighted by molar-refractivity contribution is -0.132. The highest BCUT2D eigenvalue weighted by Gasteiger charge is 2.75. The van der Waals surface area contributed by atoms with Gasteiger partial charge in [-0.3, -0.25) is 4.79 Å². The number of hydrogen-bond donors (Lipinski definition) is 4. The normalized spacial score (nSPS) is 34.9. The van der Waals surface area contributed by atoms with E-state index < -0.39 is 23.7 Å². The fourth-order valence-corrected chi connectivity index (χ4v) is 5.76. The summed E-state index contributed by atoms with van der Waals surface area (Å²) in [5.74, 6) is 0.481. The molecular weight excluding hydrogens is 432 g/mol. The molecule has 0 aliphatic heterocycles. The topological polar surface area (TPSA) is 125 Å². The molecule has 3 aromatic rings. The molecule has 3 aliphatic carbocycles. The number of aliphatic hydroxyl groups excluding tert-OH is 2. The Morgan fingerprint density at radius 3 is 2.78 bits per heavy atom. The van der Waals surface area contributed by atoms with Gasteiger partial charge in [-0.25, -0.2) is 4.98 Å². The third-order valence-corrected chi connectivity index (χ3v) is 7.55. The second kappa shape index (κ2) is 6.87. The van der Waals surface area contributed by atoms with Crippen molar-refractivity contribution in [3.63, 3.8) is 0 Å². The van der Waals surface area contributed by atoms with E-state index >= 15 is 0 Å². The van der Waals surface area contributed by atoms with Gasteiger partial charge in [0.1, 0.15) is 6.10 Å². The monoisotopic (exact) mass is 454 g/mol. The molecule has 9 nitrogen and oxygen atoms in total. The molecule has 32 heavy (non-hydrogen) atoms. The van der Waals surface area contributed by atoms with Crippen molar-refractivity contribution in [2.24, 2.45) is 11.3 Å². The number of aliphatic hydroxyl groups is 2. The number of amides is 1.